The molecule has 0 fully saturated rings. The molecule has 2 rings (SSSR count). The Kier molecular flexibility index (Phi) is 4.80. The predicted octanol–water partition coefficient (Wildman–Crippen LogP) is 4.11. The van der Waals surface area contributed by atoms with Crippen molar-refractivity contribution in [1.29, 1.82) is 0 Å². The first-order valence-electron chi connectivity index (χ1n) is 6.65. The number of methoxy groups -OCH3 is 1. The molecule has 0 aliphatic heterocycles. The molecule has 0 saturated carbocycles. The van der Waals surface area contributed by atoms with E-state index in [9.17, 15) is 4.79 Å². The van der Waals surface area contributed by atoms with Crippen molar-refractivity contribution in [2.75, 3.05) is 17.7 Å². The van der Waals surface area contributed by atoms with Crippen molar-refractivity contribution in [3.63, 3.8) is 0 Å². The van der Waals surface area contributed by atoms with Gasteiger partial charge in [0.25, 0.3) is 0 Å². The van der Waals surface area contributed by atoms with Crippen LogP contribution in [0.2, 0.25) is 0 Å². The number of nitrogens with zero attached hydrogens (tertiary/aromatic N) is 1. The van der Waals surface area contributed by atoms with Crippen LogP contribution in [0.15, 0.2) is 24.3 Å². The summed E-state index contributed by atoms with van der Waals surface area (Å²) in [6, 6.07) is 7.68. The third-order valence-corrected chi connectivity index (χ3v) is 4.27. The van der Waals surface area contributed by atoms with Crippen LogP contribution in [0.4, 0.5) is 16.2 Å². The average molecular weight is 305 g/mol. The minimum atomic E-state index is -0.478. The lowest BCUT2D eigenvalue weighted by Gasteiger charge is -2.15. The summed E-state index contributed by atoms with van der Waals surface area (Å²) in [5, 5.41) is 7.14. The molecule has 0 saturated heterocycles. The summed E-state index contributed by atoms with van der Waals surface area (Å²) < 4.78 is 4.59. The van der Waals surface area contributed by atoms with Crippen LogP contribution in [-0.4, -0.2) is 18.2 Å². The molecule has 2 N–H and O–H groups in total. The first kappa shape index (κ1) is 15.3. The molecule has 5 nitrogen and oxygen atoms in total. The topological polar surface area (TPSA) is 63.2 Å². The Morgan fingerprint density at radius 2 is 2.05 bits per heavy atom. The number of ether oxygens (including phenoxy) is 1. The van der Waals surface area contributed by atoms with E-state index in [1.165, 1.54) is 12.0 Å². The second-order valence-electron chi connectivity index (χ2n) is 4.75. The normalized spacial score (nSPS) is 11.8. The second-order valence-corrected chi connectivity index (χ2v) is 5.98. The van der Waals surface area contributed by atoms with E-state index in [2.05, 4.69) is 27.3 Å². The van der Waals surface area contributed by atoms with E-state index in [0.717, 1.165) is 16.4 Å². The van der Waals surface area contributed by atoms with E-state index in [1.807, 2.05) is 38.1 Å². The Bertz CT molecular complexity index is 640. The molecule has 112 valence electrons. The van der Waals surface area contributed by atoms with Gasteiger partial charge in [0.05, 0.1) is 23.9 Å². The van der Waals surface area contributed by atoms with Gasteiger partial charge in [-0.1, -0.05) is 6.07 Å². The van der Waals surface area contributed by atoms with Crippen LogP contribution in [0.3, 0.4) is 0 Å². The van der Waals surface area contributed by atoms with Crippen LogP contribution >= 0.6 is 11.3 Å². The van der Waals surface area contributed by atoms with E-state index in [4.69, 9.17) is 0 Å². The van der Waals surface area contributed by atoms with Gasteiger partial charge in [-0.2, -0.15) is 0 Å². The van der Waals surface area contributed by atoms with Crippen molar-refractivity contribution in [3.05, 3.63) is 39.8 Å². The van der Waals surface area contributed by atoms with Crippen LogP contribution in [0, 0.1) is 13.8 Å². The van der Waals surface area contributed by atoms with Crippen LogP contribution in [0.1, 0.15) is 28.5 Å². The van der Waals surface area contributed by atoms with Gasteiger partial charge in [0, 0.05) is 16.3 Å². The monoisotopic (exact) mass is 305 g/mol. The zero-order chi connectivity index (χ0) is 15.4. The van der Waals surface area contributed by atoms with E-state index in [0.29, 0.717) is 5.69 Å². The highest BCUT2D eigenvalue weighted by Gasteiger charge is 2.13. The highest BCUT2D eigenvalue weighted by Crippen LogP contribution is 2.28. The van der Waals surface area contributed by atoms with Crippen LogP contribution in [0.5, 0.6) is 0 Å². The zero-order valence-corrected chi connectivity index (χ0v) is 13.4. The van der Waals surface area contributed by atoms with Crippen molar-refractivity contribution in [3.8, 4) is 0 Å². The van der Waals surface area contributed by atoms with Crippen LogP contribution in [-0.2, 0) is 4.74 Å². The standard InChI is InChI=1S/C15H19N3O2S/c1-9-14(21-11(3)16-9)10(2)17-12-6-5-7-13(8-12)18-15(19)20-4/h5-8,10,17H,1-4H3,(H,18,19). The molecule has 0 radical (unpaired) electrons. The molecule has 1 heterocycles. The Morgan fingerprint density at radius 1 is 1.33 bits per heavy atom. The van der Waals surface area contributed by atoms with Crippen LogP contribution < -0.4 is 10.6 Å². The van der Waals surface area contributed by atoms with Crippen molar-refractivity contribution >= 4 is 28.8 Å². The second kappa shape index (κ2) is 6.58. The van der Waals surface area contributed by atoms with Crippen LogP contribution in [0.25, 0.3) is 0 Å². The molecule has 0 bridgehead atoms. The van der Waals surface area contributed by atoms with E-state index in [-0.39, 0.29) is 6.04 Å². The number of nitrogens with one attached hydrogen (secondary N) is 2. The molecule has 0 aliphatic rings. The highest BCUT2D eigenvalue weighted by atomic mass is 32.1. The van der Waals surface area contributed by atoms with E-state index in [1.54, 1.807) is 11.3 Å². The Labute approximate surface area is 128 Å². The average Bonchev–Trinajstić information content (AvgIpc) is 2.78. The summed E-state index contributed by atoms with van der Waals surface area (Å²) >= 11 is 1.70. The number of aryl methyl sites for hydroxylation is 2. The number of carbonyl (C=O) groups is 1. The number of rotatable bonds is 4. The minimum Gasteiger partial charge on any atom is -0.453 e. The molecule has 0 aliphatic carbocycles. The molecule has 6 heteroatoms. The summed E-state index contributed by atoms with van der Waals surface area (Å²) in [6.07, 6.45) is -0.478. The van der Waals surface area contributed by atoms with Crippen molar-refractivity contribution in [1.82, 2.24) is 4.98 Å². The van der Waals surface area contributed by atoms with Gasteiger partial charge >= 0.3 is 6.09 Å². The molecule has 1 amide bonds. The Hall–Kier alpha value is -2.08. The number of thiazole rings is 1. The van der Waals surface area contributed by atoms with Crippen molar-refractivity contribution in [2.45, 2.75) is 26.8 Å². The van der Waals surface area contributed by atoms with Gasteiger partial charge in [0.15, 0.2) is 0 Å². The number of aromatic nitrogens is 1. The van der Waals surface area contributed by atoms with Gasteiger partial charge in [0.1, 0.15) is 0 Å². The lowest BCUT2D eigenvalue weighted by molar-refractivity contribution is 0.187. The lowest BCUT2D eigenvalue weighted by atomic mass is 10.2. The number of hydrogen-bond donors (Lipinski definition) is 2. The van der Waals surface area contributed by atoms with Gasteiger partial charge in [-0.05, 0) is 39.0 Å². The molecule has 1 aromatic heterocycles. The summed E-state index contributed by atoms with van der Waals surface area (Å²) in [5.41, 5.74) is 2.68. The summed E-state index contributed by atoms with van der Waals surface area (Å²) in [6.45, 7) is 6.13. The summed E-state index contributed by atoms with van der Waals surface area (Å²) in [4.78, 5) is 16.9. The molecule has 1 unspecified atom stereocenters. The predicted molar refractivity (Wildman–Crippen MR) is 86.1 cm³/mol. The van der Waals surface area contributed by atoms with Gasteiger partial charge in [-0.25, -0.2) is 9.78 Å². The highest BCUT2D eigenvalue weighted by molar-refractivity contribution is 7.11. The first-order valence-corrected chi connectivity index (χ1v) is 7.46. The first-order chi connectivity index (χ1) is 9.99. The molecular formula is C15H19N3O2S. The smallest absolute Gasteiger partial charge is 0.411 e. The van der Waals surface area contributed by atoms with E-state index >= 15 is 0 Å². The molecule has 1 atom stereocenters. The minimum absolute atomic E-state index is 0.157. The maximum atomic E-state index is 11.2. The Morgan fingerprint density at radius 3 is 2.67 bits per heavy atom. The van der Waals surface area contributed by atoms with Gasteiger partial charge in [-0.15, -0.1) is 11.3 Å². The Balaban J connectivity index is 2.10. The van der Waals surface area contributed by atoms with E-state index < -0.39 is 6.09 Å². The number of benzene rings is 1. The SMILES string of the molecule is COC(=O)Nc1cccc(NC(C)c2sc(C)nc2C)c1. The largest absolute Gasteiger partial charge is 0.453 e. The lowest BCUT2D eigenvalue weighted by Crippen LogP contribution is -2.11. The maximum absolute atomic E-state index is 11.2. The molecule has 21 heavy (non-hydrogen) atoms. The third-order valence-electron chi connectivity index (χ3n) is 3.01. The van der Waals surface area contributed by atoms with Gasteiger partial charge in [-0.3, -0.25) is 5.32 Å². The number of amides is 1. The van der Waals surface area contributed by atoms with Gasteiger partial charge < -0.3 is 10.1 Å². The van der Waals surface area contributed by atoms with Crippen molar-refractivity contribution < 1.29 is 9.53 Å². The molecular weight excluding hydrogens is 286 g/mol. The quantitative estimate of drug-likeness (QED) is 0.892. The fourth-order valence-electron chi connectivity index (χ4n) is 2.12. The maximum Gasteiger partial charge on any atom is 0.411 e. The van der Waals surface area contributed by atoms with Crippen molar-refractivity contribution in [2.24, 2.45) is 0 Å². The number of carbonyl (C=O) groups excluding carboxylic acids is 1. The molecule has 1 aromatic carbocycles. The van der Waals surface area contributed by atoms with Gasteiger partial charge in [0.2, 0.25) is 0 Å². The summed E-state index contributed by atoms with van der Waals surface area (Å²) in [5.74, 6) is 0. The number of hydrogen-bond acceptors (Lipinski definition) is 5. The summed E-state index contributed by atoms with van der Waals surface area (Å²) in [7, 11) is 1.34. The third kappa shape index (κ3) is 3.95. The molecule has 2 aromatic rings. The molecule has 0 spiro atoms. The fourth-order valence-corrected chi connectivity index (χ4v) is 3.05. The number of anilines is 2. The fraction of sp³-hybridized carbons (Fsp3) is 0.333. The zero-order valence-electron chi connectivity index (χ0n) is 12.6.